The zero-order valence-corrected chi connectivity index (χ0v) is 12.8. The summed E-state index contributed by atoms with van der Waals surface area (Å²) in [6.45, 7) is 5.13. The monoisotopic (exact) mass is 284 g/mol. The molecule has 0 saturated carbocycles. The highest BCUT2D eigenvalue weighted by Gasteiger charge is 2.35. The number of aryl methyl sites for hydroxylation is 1. The molecule has 0 spiro atoms. The summed E-state index contributed by atoms with van der Waals surface area (Å²) in [4.78, 5) is 2.51. The second-order valence-corrected chi connectivity index (χ2v) is 6.06. The smallest absolute Gasteiger partial charge is 0.122 e. The van der Waals surface area contributed by atoms with Crippen LogP contribution in [0.1, 0.15) is 48.9 Å². The lowest BCUT2D eigenvalue weighted by molar-refractivity contribution is 0.139. The van der Waals surface area contributed by atoms with E-state index >= 15 is 0 Å². The molecule has 3 heteroatoms. The van der Waals surface area contributed by atoms with Crippen LogP contribution in [0.5, 0.6) is 0 Å². The third kappa shape index (κ3) is 2.89. The Morgan fingerprint density at radius 3 is 2.57 bits per heavy atom. The van der Waals surface area contributed by atoms with Crippen molar-refractivity contribution in [3.63, 3.8) is 0 Å². The van der Waals surface area contributed by atoms with Crippen molar-refractivity contribution in [2.45, 2.75) is 44.8 Å². The molecule has 3 atom stereocenters. The highest BCUT2D eigenvalue weighted by Crippen LogP contribution is 2.40. The predicted molar refractivity (Wildman–Crippen MR) is 85.0 cm³/mol. The first-order valence-electron chi connectivity index (χ1n) is 7.79. The Labute approximate surface area is 126 Å². The summed E-state index contributed by atoms with van der Waals surface area (Å²) < 4.78 is 5.88. The molecule has 0 aliphatic carbocycles. The summed E-state index contributed by atoms with van der Waals surface area (Å²) in [5, 5.41) is 0. The molecule has 21 heavy (non-hydrogen) atoms. The van der Waals surface area contributed by atoms with Crippen LogP contribution in [0.15, 0.2) is 46.9 Å². The van der Waals surface area contributed by atoms with Crippen LogP contribution in [0.25, 0.3) is 0 Å². The Morgan fingerprint density at radius 1 is 1.19 bits per heavy atom. The minimum absolute atomic E-state index is 0.0415. The number of nitrogens with zero attached hydrogens (tertiary/aromatic N) is 1. The van der Waals surface area contributed by atoms with Gasteiger partial charge >= 0.3 is 0 Å². The van der Waals surface area contributed by atoms with Gasteiger partial charge in [-0.3, -0.25) is 4.90 Å². The first-order chi connectivity index (χ1) is 10.2. The average molecular weight is 284 g/mol. The fourth-order valence-electron chi connectivity index (χ4n) is 3.49. The van der Waals surface area contributed by atoms with Gasteiger partial charge in [0.15, 0.2) is 0 Å². The Bertz CT molecular complexity index is 576. The standard InChI is InChI=1S/C18H24N2O/c1-13-10-11-17(21-13)18(14(2)19)20-12-6-9-16(20)15-7-4-3-5-8-15/h3-5,7-8,10-11,14,16,18H,6,9,12,19H2,1-2H3. The molecule has 3 rings (SSSR count). The molecule has 1 aromatic heterocycles. The molecule has 1 aromatic carbocycles. The molecule has 1 aliphatic rings. The fourth-order valence-corrected chi connectivity index (χ4v) is 3.49. The van der Waals surface area contributed by atoms with Crippen LogP contribution in [0.4, 0.5) is 0 Å². The summed E-state index contributed by atoms with van der Waals surface area (Å²) in [5.41, 5.74) is 7.68. The minimum atomic E-state index is 0.0415. The molecule has 2 N–H and O–H groups in total. The van der Waals surface area contributed by atoms with E-state index in [1.54, 1.807) is 0 Å². The van der Waals surface area contributed by atoms with Crippen molar-refractivity contribution in [2.75, 3.05) is 6.54 Å². The van der Waals surface area contributed by atoms with Gasteiger partial charge in [-0.1, -0.05) is 30.3 Å². The summed E-state index contributed by atoms with van der Waals surface area (Å²) in [6.07, 6.45) is 2.40. The number of benzene rings is 1. The van der Waals surface area contributed by atoms with Gasteiger partial charge in [0.2, 0.25) is 0 Å². The van der Waals surface area contributed by atoms with Crippen molar-refractivity contribution in [3.8, 4) is 0 Å². The van der Waals surface area contributed by atoms with Gasteiger partial charge in [0.05, 0.1) is 6.04 Å². The quantitative estimate of drug-likeness (QED) is 0.928. The number of rotatable bonds is 4. The molecule has 1 fully saturated rings. The second kappa shape index (κ2) is 6.04. The molecule has 0 bridgehead atoms. The zero-order chi connectivity index (χ0) is 14.8. The van der Waals surface area contributed by atoms with E-state index in [0.717, 1.165) is 18.1 Å². The van der Waals surface area contributed by atoms with Crippen LogP contribution in [-0.2, 0) is 0 Å². The Morgan fingerprint density at radius 2 is 1.95 bits per heavy atom. The molecular weight excluding hydrogens is 260 g/mol. The third-order valence-electron chi connectivity index (χ3n) is 4.39. The van der Waals surface area contributed by atoms with Crippen molar-refractivity contribution in [1.29, 1.82) is 0 Å². The molecule has 0 amide bonds. The van der Waals surface area contributed by atoms with Crippen molar-refractivity contribution in [3.05, 3.63) is 59.5 Å². The zero-order valence-electron chi connectivity index (χ0n) is 12.8. The molecule has 1 aliphatic heterocycles. The Balaban J connectivity index is 1.91. The lowest BCUT2D eigenvalue weighted by Crippen LogP contribution is -2.39. The number of hydrogen-bond acceptors (Lipinski definition) is 3. The Hall–Kier alpha value is -1.58. The highest BCUT2D eigenvalue weighted by atomic mass is 16.3. The van der Waals surface area contributed by atoms with Gasteiger partial charge < -0.3 is 10.2 Å². The first-order valence-corrected chi connectivity index (χ1v) is 7.79. The average Bonchev–Trinajstić information content (AvgIpc) is 3.10. The lowest BCUT2D eigenvalue weighted by Gasteiger charge is -2.34. The van der Waals surface area contributed by atoms with E-state index in [2.05, 4.69) is 48.2 Å². The number of hydrogen-bond donors (Lipinski definition) is 1. The molecule has 3 unspecified atom stereocenters. The molecule has 3 nitrogen and oxygen atoms in total. The maximum Gasteiger partial charge on any atom is 0.122 e. The molecule has 0 radical (unpaired) electrons. The third-order valence-corrected chi connectivity index (χ3v) is 4.39. The fraction of sp³-hybridized carbons (Fsp3) is 0.444. The Kier molecular flexibility index (Phi) is 4.13. The van der Waals surface area contributed by atoms with E-state index < -0.39 is 0 Å². The number of likely N-dealkylation sites (tertiary alicyclic amines) is 1. The van der Waals surface area contributed by atoms with Gasteiger partial charge in [-0.15, -0.1) is 0 Å². The SMILES string of the molecule is Cc1ccc(C(C(C)N)N2CCCC2c2ccccc2)o1. The summed E-state index contributed by atoms with van der Waals surface area (Å²) in [5.74, 6) is 1.94. The van der Waals surface area contributed by atoms with Crippen LogP contribution in [-0.4, -0.2) is 17.5 Å². The van der Waals surface area contributed by atoms with E-state index in [4.69, 9.17) is 10.2 Å². The van der Waals surface area contributed by atoms with Crippen LogP contribution in [0, 0.1) is 6.92 Å². The van der Waals surface area contributed by atoms with E-state index in [0.29, 0.717) is 6.04 Å². The minimum Gasteiger partial charge on any atom is -0.465 e. The lowest BCUT2D eigenvalue weighted by atomic mass is 10.0. The summed E-state index contributed by atoms with van der Waals surface area (Å²) in [6, 6.07) is 15.5. The van der Waals surface area contributed by atoms with Crippen molar-refractivity contribution in [2.24, 2.45) is 5.73 Å². The van der Waals surface area contributed by atoms with Crippen LogP contribution >= 0.6 is 0 Å². The van der Waals surface area contributed by atoms with Crippen LogP contribution in [0.3, 0.4) is 0 Å². The van der Waals surface area contributed by atoms with E-state index in [9.17, 15) is 0 Å². The molecule has 112 valence electrons. The van der Waals surface area contributed by atoms with E-state index in [1.807, 2.05) is 13.0 Å². The second-order valence-electron chi connectivity index (χ2n) is 6.06. The molecule has 2 heterocycles. The largest absolute Gasteiger partial charge is 0.465 e. The van der Waals surface area contributed by atoms with E-state index in [1.165, 1.54) is 18.4 Å². The van der Waals surface area contributed by atoms with Gasteiger partial charge in [0.25, 0.3) is 0 Å². The van der Waals surface area contributed by atoms with Gasteiger partial charge in [-0.25, -0.2) is 0 Å². The van der Waals surface area contributed by atoms with Gasteiger partial charge in [0.1, 0.15) is 11.5 Å². The maximum atomic E-state index is 6.30. The van der Waals surface area contributed by atoms with Gasteiger partial charge in [-0.2, -0.15) is 0 Å². The van der Waals surface area contributed by atoms with Crippen LogP contribution < -0.4 is 5.73 Å². The molecule has 2 aromatic rings. The predicted octanol–water partition coefficient (Wildman–Crippen LogP) is 3.81. The molecular formula is C18H24N2O. The van der Waals surface area contributed by atoms with Gasteiger partial charge in [-0.05, 0) is 50.9 Å². The highest BCUT2D eigenvalue weighted by molar-refractivity contribution is 5.22. The summed E-state index contributed by atoms with van der Waals surface area (Å²) in [7, 11) is 0. The maximum absolute atomic E-state index is 6.30. The van der Waals surface area contributed by atoms with Crippen LogP contribution in [0.2, 0.25) is 0 Å². The molecule has 1 saturated heterocycles. The summed E-state index contributed by atoms with van der Waals surface area (Å²) >= 11 is 0. The van der Waals surface area contributed by atoms with Crippen molar-refractivity contribution >= 4 is 0 Å². The number of nitrogens with two attached hydrogens (primary N) is 1. The normalized spacial score (nSPS) is 22.3. The van der Waals surface area contributed by atoms with E-state index in [-0.39, 0.29) is 12.1 Å². The first kappa shape index (κ1) is 14.4. The van der Waals surface area contributed by atoms with Crippen molar-refractivity contribution < 1.29 is 4.42 Å². The topological polar surface area (TPSA) is 42.4 Å². The van der Waals surface area contributed by atoms with Crippen molar-refractivity contribution in [1.82, 2.24) is 4.90 Å². The number of furan rings is 1. The van der Waals surface area contributed by atoms with Gasteiger partial charge in [0, 0.05) is 12.1 Å².